The van der Waals surface area contributed by atoms with Gasteiger partial charge in [-0.2, -0.15) is 0 Å². The normalized spacial score (nSPS) is 11.9. The van der Waals surface area contributed by atoms with Crippen molar-refractivity contribution in [3.05, 3.63) is 90.3 Å². The second-order valence-corrected chi connectivity index (χ2v) is 6.44. The van der Waals surface area contributed by atoms with Crippen LogP contribution in [0.5, 0.6) is 0 Å². The average molecular weight is 360 g/mol. The van der Waals surface area contributed by atoms with Gasteiger partial charge in [0.25, 0.3) is 0 Å². The van der Waals surface area contributed by atoms with Crippen molar-refractivity contribution in [3.63, 3.8) is 0 Å². The van der Waals surface area contributed by atoms with Crippen LogP contribution in [0.15, 0.2) is 79.1 Å². The second kappa shape index (κ2) is 9.64. The molecule has 138 valence electrons. The first-order valence-electron chi connectivity index (χ1n) is 9.19. The molecule has 0 saturated heterocycles. The fourth-order valence-corrected chi connectivity index (χ4v) is 3.01. The van der Waals surface area contributed by atoms with E-state index in [1.165, 1.54) is 0 Å². The summed E-state index contributed by atoms with van der Waals surface area (Å²) in [6.45, 7) is 0.582. The number of nitrogens with zero attached hydrogens (tertiary/aromatic N) is 1. The van der Waals surface area contributed by atoms with Crippen molar-refractivity contribution in [1.82, 2.24) is 4.98 Å². The monoisotopic (exact) mass is 360 g/mol. The van der Waals surface area contributed by atoms with Gasteiger partial charge in [-0.3, -0.25) is 9.78 Å². The summed E-state index contributed by atoms with van der Waals surface area (Å²) in [5.41, 5.74) is 9.70. The molecule has 0 saturated carbocycles. The Balaban J connectivity index is 1.73. The predicted octanol–water partition coefficient (Wildman–Crippen LogP) is 4.51. The molecule has 1 aromatic heterocycles. The summed E-state index contributed by atoms with van der Waals surface area (Å²) in [4.78, 5) is 14.9. The van der Waals surface area contributed by atoms with Gasteiger partial charge in [-0.1, -0.05) is 54.6 Å². The first-order valence-corrected chi connectivity index (χ1v) is 9.19. The maximum atomic E-state index is 10.9. The van der Waals surface area contributed by atoms with Gasteiger partial charge in [0.05, 0.1) is 0 Å². The Morgan fingerprint density at radius 3 is 2.15 bits per heavy atom. The number of pyridine rings is 1. The number of rotatable bonds is 9. The van der Waals surface area contributed by atoms with Crippen LogP contribution in [-0.4, -0.2) is 17.5 Å². The van der Waals surface area contributed by atoms with Gasteiger partial charge in [0.1, 0.15) is 6.10 Å². The summed E-state index contributed by atoms with van der Waals surface area (Å²) >= 11 is 0. The zero-order valence-corrected chi connectivity index (χ0v) is 15.3. The first-order chi connectivity index (χ1) is 13.2. The standard InChI is InChI=1S/C23H24N2O2/c24-22(26)8-4-5-17-27-23(20-6-2-1-3-7-20)21-11-9-18(10-12-21)19-13-15-25-16-14-19/h1-3,6-7,9-16,23H,4-5,8,17H2,(H2,24,26). The molecule has 0 aliphatic rings. The van der Waals surface area contributed by atoms with E-state index >= 15 is 0 Å². The third kappa shape index (κ3) is 5.50. The number of carbonyl (C=O) groups is 1. The fraction of sp³-hybridized carbons (Fsp3) is 0.217. The minimum Gasteiger partial charge on any atom is -0.370 e. The smallest absolute Gasteiger partial charge is 0.217 e. The van der Waals surface area contributed by atoms with Gasteiger partial charge in [0.15, 0.2) is 0 Å². The Bertz CT molecular complexity index is 833. The molecular formula is C23H24N2O2. The van der Waals surface area contributed by atoms with Crippen LogP contribution in [0.4, 0.5) is 0 Å². The number of aromatic nitrogens is 1. The SMILES string of the molecule is NC(=O)CCCCOC(c1ccccc1)c1ccc(-c2ccncc2)cc1. The molecule has 2 aromatic carbocycles. The molecule has 0 bridgehead atoms. The molecule has 1 atom stereocenters. The number of hydrogen-bond acceptors (Lipinski definition) is 3. The van der Waals surface area contributed by atoms with Crippen molar-refractivity contribution in [1.29, 1.82) is 0 Å². The Morgan fingerprint density at radius 1 is 0.852 bits per heavy atom. The molecule has 0 spiro atoms. The molecule has 27 heavy (non-hydrogen) atoms. The molecule has 0 aliphatic heterocycles. The number of primary amides is 1. The molecule has 4 nitrogen and oxygen atoms in total. The van der Waals surface area contributed by atoms with Crippen LogP contribution in [0.3, 0.4) is 0 Å². The van der Waals surface area contributed by atoms with Crippen LogP contribution in [-0.2, 0) is 9.53 Å². The second-order valence-electron chi connectivity index (χ2n) is 6.44. The Hall–Kier alpha value is -2.98. The highest BCUT2D eigenvalue weighted by atomic mass is 16.5. The van der Waals surface area contributed by atoms with E-state index in [0.29, 0.717) is 13.0 Å². The lowest BCUT2D eigenvalue weighted by atomic mass is 9.98. The van der Waals surface area contributed by atoms with Crippen molar-refractivity contribution in [3.8, 4) is 11.1 Å². The lowest BCUT2D eigenvalue weighted by molar-refractivity contribution is -0.118. The van der Waals surface area contributed by atoms with E-state index in [1.807, 2.05) is 30.3 Å². The molecule has 4 heteroatoms. The fourth-order valence-electron chi connectivity index (χ4n) is 3.01. The lowest BCUT2D eigenvalue weighted by Gasteiger charge is -2.19. The Morgan fingerprint density at radius 2 is 1.48 bits per heavy atom. The highest BCUT2D eigenvalue weighted by Gasteiger charge is 2.14. The van der Waals surface area contributed by atoms with Gasteiger partial charge >= 0.3 is 0 Å². The van der Waals surface area contributed by atoms with Crippen molar-refractivity contribution in [2.75, 3.05) is 6.61 Å². The van der Waals surface area contributed by atoms with Gasteiger partial charge in [0, 0.05) is 25.4 Å². The van der Waals surface area contributed by atoms with Crippen molar-refractivity contribution in [2.45, 2.75) is 25.4 Å². The molecular weight excluding hydrogens is 336 g/mol. The van der Waals surface area contributed by atoms with E-state index in [9.17, 15) is 4.79 Å². The minimum atomic E-state index is -0.263. The lowest BCUT2D eigenvalue weighted by Crippen LogP contribution is -2.11. The average Bonchev–Trinajstić information content (AvgIpc) is 2.72. The zero-order chi connectivity index (χ0) is 18.9. The third-order valence-corrected chi connectivity index (χ3v) is 4.43. The quantitative estimate of drug-likeness (QED) is 0.571. The number of amides is 1. The largest absolute Gasteiger partial charge is 0.370 e. The third-order valence-electron chi connectivity index (χ3n) is 4.43. The number of carbonyl (C=O) groups excluding carboxylic acids is 1. The molecule has 0 radical (unpaired) electrons. The van der Waals surface area contributed by atoms with Crippen LogP contribution in [0.25, 0.3) is 11.1 Å². The molecule has 3 aromatic rings. The first kappa shape index (κ1) is 18.8. The highest BCUT2D eigenvalue weighted by molar-refractivity contribution is 5.73. The van der Waals surface area contributed by atoms with Crippen molar-refractivity contribution < 1.29 is 9.53 Å². The predicted molar refractivity (Wildman–Crippen MR) is 107 cm³/mol. The van der Waals surface area contributed by atoms with E-state index in [4.69, 9.17) is 10.5 Å². The molecule has 3 rings (SSSR count). The topological polar surface area (TPSA) is 65.2 Å². The Labute approximate surface area is 160 Å². The number of hydrogen-bond donors (Lipinski definition) is 1. The van der Waals surface area contributed by atoms with Crippen molar-refractivity contribution in [2.24, 2.45) is 5.73 Å². The van der Waals surface area contributed by atoms with E-state index in [1.54, 1.807) is 12.4 Å². The van der Waals surface area contributed by atoms with Gasteiger partial charge in [-0.05, 0) is 47.2 Å². The maximum Gasteiger partial charge on any atom is 0.217 e. The number of ether oxygens (including phenoxy) is 1. The number of benzene rings is 2. The zero-order valence-electron chi connectivity index (χ0n) is 15.3. The summed E-state index contributed by atoms with van der Waals surface area (Å²) in [5, 5.41) is 0. The van der Waals surface area contributed by atoms with E-state index in [2.05, 4.69) is 41.4 Å². The summed E-state index contributed by atoms with van der Waals surface area (Å²) in [7, 11) is 0. The van der Waals surface area contributed by atoms with Crippen molar-refractivity contribution >= 4 is 5.91 Å². The van der Waals surface area contributed by atoms with Crippen LogP contribution in [0.2, 0.25) is 0 Å². The molecule has 1 unspecified atom stereocenters. The Kier molecular flexibility index (Phi) is 6.72. The molecule has 0 fully saturated rings. The molecule has 1 amide bonds. The van der Waals surface area contributed by atoms with Crippen LogP contribution in [0.1, 0.15) is 36.5 Å². The maximum absolute atomic E-state index is 10.9. The molecule has 1 heterocycles. The van der Waals surface area contributed by atoms with Crippen LogP contribution >= 0.6 is 0 Å². The molecule has 0 aliphatic carbocycles. The van der Waals surface area contributed by atoms with E-state index in [0.717, 1.165) is 35.1 Å². The van der Waals surface area contributed by atoms with Gasteiger partial charge in [-0.15, -0.1) is 0 Å². The highest BCUT2D eigenvalue weighted by Crippen LogP contribution is 2.28. The van der Waals surface area contributed by atoms with Gasteiger partial charge < -0.3 is 10.5 Å². The van der Waals surface area contributed by atoms with Gasteiger partial charge in [0.2, 0.25) is 5.91 Å². The molecule has 2 N–H and O–H groups in total. The van der Waals surface area contributed by atoms with Crippen LogP contribution in [0, 0.1) is 0 Å². The number of nitrogens with two attached hydrogens (primary N) is 1. The summed E-state index contributed by atoms with van der Waals surface area (Å²) in [6, 6.07) is 22.6. The number of unbranched alkanes of at least 4 members (excludes halogenated alkanes) is 1. The van der Waals surface area contributed by atoms with Gasteiger partial charge in [-0.25, -0.2) is 0 Å². The summed E-state index contributed by atoms with van der Waals surface area (Å²) in [5.74, 6) is -0.263. The summed E-state index contributed by atoms with van der Waals surface area (Å²) in [6.07, 6.45) is 5.42. The van der Waals surface area contributed by atoms with E-state index < -0.39 is 0 Å². The van der Waals surface area contributed by atoms with E-state index in [-0.39, 0.29) is 12.0 Å². The van der Waals surface area contributed by atoms with Crippen LogP contribution < -0.4 is 5.73 Å². The summed E-state index contributed by atoms with van der Waals surface area (Å²) < 4.78 is 6.18. The minimum absolute atomic E-state index is 0.133.